The van der Waals surface area contributed by atoms with Gasteiger partial charge in [-0.1, -0.05) is 38.8 Å². The Kier molecular flexibility index (Phi) is 10.9. The quantitative estimate of drug-likeness (QED) is 0.369. The Hall–Kier alpha value is -2.49. The highest BCUT2D eigenvalue weighted by Gasteiger charge is 2.24. The monoisotopic (exact) mass is 518 g/mol. The maximum absolute atomic E-state index is 13.6. The van der Waals surface area contributed by atoms with Crippen molar-refractivity contribution in [3.63, 3.8) is 0 Å². The summed E-state index contributed by atoms with van der Waals surface area (Å²) < 4.78 is 15.1. The van der Waals surface area contributed by atoms with Crippen molar-refractivity contribution in [2.75, 3.05) is 11.4 Å². The minimum atomic E-state index is -0.993. The highest BCUT2D eigenvalue weighted by atomic mass is 32.1. The molecule has 1 heterocycles. The fourth-order valence-corrected chi connectivity index (χ4v) is 4.27. The summed E-state index contributed by atoms with van der Waals surface area (Å²) in [5.41, 5.74) is 2.70. The number of benzene rings is 1. The molecule has 0 saturated heterocycles. The van der Waals surface area contributed by atoms with Crippen molar-refractivity contribution in [2.45, 2.75) is 84.6 Å². The SMILES string of the molecule is CC(C)c1nc(N(C)S)nc(-c2ccc(F)cc2)c1/C=C/[C@@H](O)C[C@@H](O)CC(=O)N(C(C)C)C(C)C. The summed E-state index contributed by atoms with van der Waals surface area (Å²) in [6.45, 7) is 11.7. The third-order valence-electron chi connectivity index (χ3n) is 5.73. The van der Waals surface area contributed by atoms with Crippen LogP contribution < -0.4 is 4.31 Å². The van der Waals surface area contributed by atoms with Gasteiger partial charge in [0.1, 0.15) is 5.82 Å². The van der Waals surface area contributed by atoms with Crippen LogP contribution in [0.15, 0.2) is 30.3 Å². The van der Waals surface area contributed by atoms with Crippen LogP contribution in [0.2, 0.25) is 0 Å². The molecule has 1 aromatic carbocycles. The molecule has 2 aromatic rings. The lowest BCUT2D eigenvalue weighted by atomic mass is 9.97. The molecule has 7 nitrogen and oxygen atoms in total. The van der Waals surface area contributed by atoms with Crippen molar-refractivity contribution in [1.82, 2.24) is 14.9 Å². The predicted molar refractivity (Wildman–Crippen MR) is 146 cm³/mol. The number of aliphatic hydroxyl groups excluding tert-OH is 2. The molecule has 0 saturated carbocycles. The van der Waals surface area contributed by atoms with Crippen molar-refractivity contribution >= 4 is 30.7 Å². The van der Waals surface area contributed by atoms with Gasteiger partial charge in [-0.2, -0.15) is 0 Å². The predicted octanol–water partition coefficient (Wildman–Crippen LogP) is 4.85. The van der Waals surface area contributed by atoms with E-state index in [9.17, 15) is 19.4 Å². The summed E-state index contributed by atoms with van der Waals surface area (Å²) in [6, 6.07) is 6.06. The van der Waals surface area contributed by atoms with E-state index in [4.69, 9.17) is 0 Å². The second-order valence-electron chi connectivity index (χ2n) is 9.86. The van der Waals surface area contributed by atoms with Gasteiger partial charge < -0.3 is 15.1 Å². The van der Waals surface area contributed by atoms with Crippen LogP contribution in [0.1, 0.15) is 71.6 Å². The Bertz CT molecular complexity index is 1030. The Balaban J connectivity index is 2.33. The lowest BCUT2D eigenvalue weighted by Crippen LogP contribution is -2.43. The summed E-state index contributed by atoms with van der Waals surface area (Å²) >= 11 is 4.33. The van der Waals surface area contributed by atoms with Crippen molar-refractivity contribution < 1.29 is 19.4 Å². The van der Waals surface area contributed by atoms with E-state index in [1.165, 1.54) is 16.4 Å². The molecule has 0 bridgehead atoms. The standard InChI is InChI=1S/C27H39FN4O3S/c1-16(2)25-23(26(30-27(29-25)31(7)36)19-8-10-20(28)11-9-19)13-12-21(33)14-22(34)15-24(35)32(17(3)4)18(5)6/h8-13,16-18,21-22,33-34,36H,14-15H2,1-7H3/b13-12+/t21-,22-/m1/s1. The average molecular weight is 519 g/mol. The number of hydrogen-bond donors (Lipinski definition) is 3. The largest absolute Gasteiger partial charge is 0.392 e. The molecule has 0 spiro atoms. The number of thiol groups is 1. The van der Waals surface area contributed by atoms with E-state index in [1.54, 1.807) is 36.2 Å². The molecule has 0 aliphatic heterocycles. The molecule has 0 aliphatic rings. The zero-order valence-corrected chi connectivity index (χ0v) is 23.1. The van der Waals surface area contributed by atoms with Crippen LogP contribution in [0.5, 0.6) is 0 Å². The van der Waals surface area contributed by atoms with Crippen LogP contribution in [-0.2, 0) is 4.79 Å². The number of amides is 1. The fourth-order valence-electron chi connectivity index (χ4n) is 4.18. The summed E-state index contributed by atoms with van der Waals surface area (Å²) in [6.07, 6.45) is 1.25. The average Bonchev–Trinajstić information content (AvgIpc) is 2.76. The minimum Gasteiger partial charge on any atom is -0.392 e. The van der Waals surface area contributed by atoms with E-state index in [0.29, 0.717) is 22.8 Å². The first-order valence-electron chi connectivity index (χ1n) is 12.3. The lowest BCUT2D eigenvalue weighted by Gasteiger charge is -2.31. The van der Waals surface area contributed by atoms with Gasteiger partial charge in [0.25, 0.3) is 0 Å². The number of rotatable bonds is 11. The van der Waals surface area contributed by atoms with E-state index < -0.39 is 12.2 Å². The van der Waals surface area contributed by atoms with Crippen molar-refractivity contribution in [3.05, 3.63) is 47.4 Å². The van der Waals surface area contributed by atoms with Gasteiger partial charge in [-0.25, -0.2) is 14.4 Å². The van der Waals surface area contributed by atoms with Gasteiger partial charge in [0.15, 0.2) is 0 Å². The van der Waals surface area contributed by atoms with Gasteiger partial charge in [-0.3, -0.25) is 9.10 Å². The van der Waals surface area contributed by atoms with Crippen LogP contribution in [0.4, 0.5) is 10.3 Å². The van der Waals surface area contributed by atoms with E-state index in [2.05, 4.69) is 22.8 Å². The smallest absolute Gasteiger partial charge is 0.235 e. The summed E-state index contributed by atoms with van der Waals surface area (Å²) in [5.74, 6) is -0.0812. The number of nitrogens with zero attached hydrogens (tertiary/aromatic N) is 4. The number of aliphatic hydroxyl groups is 2. The molecule has 2 N–H and O–H groups in total. The van der Waals surface area contributed by atoms with Crippen LogP contribution >= 0.6 is 12.8 Å². The molecule has 0 aliphatic carbocycles. The molecule has 198 valence electrons. The first-order valence-corrected chi connectivity index (χ1v) is 12.7. The summed E-state index contributed by atoms with van der Waals surface area (Å²) in [4.78, 5) is 23.6. The van der Waals surface area contributed by atoms with Gasteiger partial charge in [-0.05, 0) is 57.9 Å². The topological polar surface area (TPSA) is 89.8 Å². The Morgan fingerprint density at radius 1 is 1.06 bits per heavy atom. The molecule has 9 heteroatoms. The molecule has 0 radical (unpaired) electrons. The van der Waals surface area contributed by atoms with Crippen molar-refractivity contribution in [2.24, 2.45) is 0 Å². The highest BCUT2D eigenvalue weighted by molar-refractivity contribution is 7.81. The van der Waals surface area contributed by atoms with Gasteiger partial charge in [0.2, 0.25) is 11.9 Å². The fraction of sp³-hybridized carbons (Fsp3) is 0.519. The molecule has 36 heavy (non-hydrogen) atoms. The zero-order valence-electron chi connectivity index (χ0n) is 22.2. The van der Waals surface area contributed by atoms with E-state index in [0.717, 1.165) is 5.69 Å². The molecular weight excluding hydrogens is 479 g/mol. The number of halogens is 1. The van der Waals surface area contributed by atoms with Crippen molar-refractivity contribution in [3.8, 4) is 11.3 Å². The Labute approximate surface area is 219 Å². The van der Waals surface area contributed by atoms with Crippen molar-refractivity contribution in [1.29, 1.82) is 0 Å². The number of anilines is 1. The minimum absolute atomic E-state index is 0.00742. The Morgan fingerprint density at radius 3 is 2.14 bits per heavy atom. The van der Waals surface area contributed by atoms with Gasteiger partial charge in [-0.15, -0.1) is 0 Å². The normalized spacial score (nSPS) is 13.6. The van der Waals surface area contributed by atoms with E-state index in [-0.39, 0.29) is 42.6 Å². The number of carbonyl (C=O) groups is 1. The molecule has 0 fully saturated rings. The first-order chi connectivity index (χ1) is 16.8. The maximum atomic E-state index is 13.6. The number of carbonyl (C=O) groups excluding carboxylic acids is 1. The molecule has 2 atom stereocenters. The highest BCUT2D eigenvalue weighted by Crippen LogP contribution is 2.31. The van der Waals surface area contributed by atoms with Gasteiger partial charge in [0, 0.05) is 36.7 Å². The maximum Gasteiger partial charge on any atom is 0.235 e. The van der Waals surface area contributed by atoms with Crippen LogP contribution in [0, 0.1) is 5.82 Å². The number of aromatic nitrogens is 2. The van der Waals surface area contributed by atoms with Crippen LogP contribution in [-0.4, -0.2) is 62.3 Å². The molecule has 1 aromatic heterocycles. The van der Waals surface area contributed by atoms with E-state index in [1.807, 2.05) is 41.5 Å². The van der Waals surface area contributed by atoms with Gasteiger partial charge in [0.05, 0.1) is 30.0 Å². The second-order valence-corrected chi connectivity index (χ2v) is 10.5. The third kappa shape index (κ3) is 8.01. The third-order valence-corrected chi connectivity index (χ3v) is 5.91. The van der Waals surface area contributed by atoms with E-state index >= 15 is 0 Å². The first kappa shape index (κ1) is 29.7. The molecule has 0 unspecified atom stereocenters. The Morgan fingerprint density at radius 2 is 1.64 bits per heavy atom. The summed E-state index contributed by atoms with van der Waals surface area (Å²) in [7, 11) is 1.72. The van der Waals surface area contributed by atoms with Crippen LogP contribution in [0.25, 0.3) is 17.3 Å². The lowest BCUT2D eigenvalue weighted by molar-refractivity contribution is -0.137. The summed E-state index contributed by atoms with van der Waals surface area (Å²) in [5, 5.41) is 21.1. The van der Waals surface area contributed by atoms with Crippen LogP contribution in [0.3, 0.4) is 0 Å². The zero-order chi connectivity index (χ0) is 27.2. The second kappa shape index (κ2) is 13.2. The molecule has 2 rings (SSSR count). The van der Waals surface area contributed by atoms with Gasteiger partial charge >= 0.3 is 0 Å². The molecular formula is C27H39FN4O3S. The number of hydrogen-bond acceptors (Lipinski definition) is 7. The molecule has 1 amide bonds.